The van der Waals surface area contributed by atoms with Crippen LogP contribution in [0.1, 0.15) is 11.1 Å². The number of hydrogen-bond donors (Lipinski definition) is 1. The first-order chi connectivity index (χ1) is 9.24. The monoisotopic (exact) mass is 317 g/mol. The van der Waals surface area contributed by atoms with Crippen molar-refractivity contribution in [1.29, 1.82) is 5.26 Å². The van der Waals surface area contributed by atoms with Gasteiger partial charge in [-0.05, 0) is 45.8 Å². The van der Waals surface area contributed by atoms with Gasteiger partial charge in [-0.15, -0.1) is 0 Å². The van der Waals surface area contributed by atoms with E-state index in [4.69, 9.17) is 10.00 Å². The molecule has 0 bridgehead atoms. The Labute approximate surface area is 120 Å². The average Bonchev–Trinajstić information content (AvgIpc) is 2.45. The SMILES string of the molecule is COc1ccc(CNc2ncccc2C#N)cc1Br. The fourth-order valence-electron chi connectivity index (χ4n) is 1.64. The molecule has 0 radical (unpaired) electrons. The number of halogens is 1. The number of ether oxygens (including phenoxy) is 1. The third-order valence-electron chi connectivity index (χ3n) is 2.60. The molecule has 0 aliphatic rings. The van der Waals surface area contributed by atoms with Crippen LogP contribution in [0.15, 0.2) is 41.0 Å². The maximum Gasteiger partial charge on any atom is 0.144 e. The van der Waals surface area contributed by atoms with Gasteiger partial charge in [0.2, 0.25) is 0 Å². The zero-order chi connectivity index (χ0) is 13.7. The maximum atomic E-state index is 8.97. The van der Waals surface area contributed by atoms with Crippen LogP contribution in [0.2, 0.25) is 0 Å². The molecule has 1 N–H and O–H groups in total. The summed E-state index contributed by atoms with van der Waals surface area (Å²) >= 11 is 3.44. The number of hydrogen-bond acceptors (Lipinski definition) is 4. The number of rotatable bonds is 4. The molecule has 1 aromatic heterocycles. The molecule has 0 atom stereocenters. The summed E-state index contributed by atoms with van der Waals surface area (Å²) in [5.74, 6) is 1.39. The number of nitriles is 1. The highest BCUT2D eigenvalue weighted by Crippen LogP contribution is 2.25. The molecule has 1 aromatic carbocycles. The minimum Gasteiger partial charge on any atom is -0.496 e. The smallest absolute Gasteiger partial charge is 0.144 e. The molecule has 0 spiro atoms. The quantitative estimate of drug-likeness (QED) is 0.939. The summed E-state index contributed by atoms with van der Waals surface area (Å²) < 4.78 is 6.08. The topological polar surface area (TPSA) is 57.9 Å². The lowest BCUT2D eigenvalue weighted by Crippen LogP contribution is -2.03. The lowest BCUT2D eigenvalue weighted by atomic mass is 10.2. The zero-order valence-electron chi connectivity index (χ0n) is 10.4. The fourth-order valence-corrected chi connectivity index (χ4v) is 2.23. The summed E-state index contributed by atoms with van der Waals surface area (Å²) in [6.45, 7) is 0.592. The fraction of sp³-hybridized carbons (Fsp3) is 0.143. The molecular weight excluding hydrogens is 306 g/mol. The van der Waals surface area contributed by atoms with Gasteiger partial charge in [0, 0.05) is 12.7 Å². The maximum absolute atomic E-state index is 8.97. The van der Waals surface area contributed by atoms with E-state index < -0.39 is 0 Å². The Hall–Kier alpha value is -2.06. The minimum absolute atomic E-state index is 0.537. The first-order valence-corrected chi connectivity index (χ1v) is 6.45. The Morgan fingerprint density at radius 2 is 2.26 bits per heavy atom. The first-order valence-electron chi connectivity index (χ1n) is 5.66. The van der Waals surface area contributed by atoms with Crippen LogP contribution in [0.4, 0.5) is 5.82 Å². The van der Waals surface area contributed by atoms with Gasteiger partial charge in [-0.1, -0.05) is 6.07 Å². The van der Waals surface area contributed by atoms with Gasteiger partial charge in [0.15, 0.2) is 0 Å². The number of pyridine rings is 1. The predicted molar refractivity (Wildman–Crippen MR) is 77.0 cm³/mol. The number of nitrogens with zero attached hydrogens (tertiary/aromatic N) is 2. The Kier molecular flexibility index (Phi) is 4.37. The third kappa shape index (κ3) is 3.24. The van der Waals surface area contributed by atoms with Gasteiger partial charge in [-0.2, -0.15) is 5.26 Å². The third-order valence-corrected chi connectivity index (χ3v) is 3.22. The second-order valence-electron chi connectivity index (χ2n) is 3.83. The molecule has 0 aliphatic carbocycles. The van der Waals surface area contributed by atoms with Gasteiger partial charge >= 0.3 is 0 Å². The molecule has 4 nitrogen and oxygen atoms in total. The normalized spacial score (nSPS) is 9.74. The molecule has 0 fully saturated rings. The van der Waals surface area contributed by atoms with Crippen LogP contribution in [0.25, 0.3) is 0 Å². The van der Waals surface area contributed by atoms with Crippen LogP contribution in [0.3, 0.4) is 0 Å². The van der Waals surface area contributed by atoms with E-state index in [9.17, 15) is 0 Å². The van der Waals surface area contributed by atoms with Crippen LogP contribution in [-0.4, -0.2) is 12.1 Å². The van der Waals surface area contributed by atoms with Crippen LogP contribution in [0.5, 0.6) is 5.75 Å². The molecule has 19 heavy (non-hydrogen) atoms. The largest absolute Gasteiger partial charge is 0.496 e. The molecule has 1 heterocycles. The average molecular weight is 318 g/mol. The van der Waals surface area contributed by atoms with E-state index in [1.807, 2.05) is 18.2 Å². The highest BCUT2D eigenvalue weighted by atomic mass is 79.9. The molecule has 0 unspecified atom stereocenters. The van der Waals surface area contributed by atoms with E-state index in [2.05, 4.69) is 32.3 Å². The molecule has 2 rings (SSSR count). The van der Waals surface area contributed by atoms with E-state index in [0.717, 1.165) is 15.8 Å². The number of anilines is 1. The molecule has 2 aromatic rings. The van der Waals surface area contributed by atoms with Crippen LogP contribution in [0, 0.1) is 11.3 Å². The second kappa shape index (κ2) is 6.21. The molecule has 0 saturated heterocycles. The van der Waals surface area contributed by atoms with Crippen LogP contribution in [-0.2, 0) is 6.54 Å². The predicted octanol–water partition coefficient (Wildman–Crippen LogP) is 3.34. The van der Waals surface area contributed by atoms with E-state index in [1.54, 1.807) is 25.4 Å². The van der Waals surface area contributed by atoms with Gasteiger partial charge in [0.05, 0.1) is 17.1 Å². The van der Waals surface area contributed by atoms with Crippen molar-refractivity contribution in [3.8, 4) is 11.8 Å². The molecule has 96 valence electrons. The highest BCUT2D eigenvalue weighted by molar-refractivity contribution is 9.10. The van der Waals surface area contributed by atoms with Crippen molar-refractivity contribution in [3.05, 3.63) is 52.1 Å². The van der Waals surface area contributed by atoms with E-state index in [0.29, 0.717) is 17.9 Å². The van der Waals surface area contributed by atoms with Crippen molar-refractivity contribution >= 4 is 21.7 Å². The molecule has 0 saturated carbocycles. The van der Waals surface area contributed by atoms with Gasteiger partial charge < -0.3 is 10.1 Å². The van der Waals surface area contributed by atoms with Gasteiger partial charge in [-0.25, -0.2) is 4.98 Å². The summed E-state index contributed by atoms with van der Waals surface area (Å²) in [6, 6.07) is 11.4. The number of nitrogens with one attached hydrogen (secondary N) is 1. The molecule has 5 heteroatoms. The molecular formula is C14H12BrN3O. The second-order valence-corrected chi connectivity index (χ2v) is 4.69. The van der Waals surface area contributed by atoms with Crippen molar-refractivity contribution in [2.45, 2.75) is 6.54 Å². The number of methoxy groups -OCH3 is 1. The Morgan fingerprint density at radius 3 is 2.95 bits per heavy atom. The van der Waals surface area contributed by atoms with Gasteiger partial charge in [0.25, 0.3) is 0 Å². The summed E-state index contributed by atoms with van der Waals surface area (Å²) in [7, 11) is 1.63. The summed E-state index contributed by atoms with van der Waals surface area (Å²) in [6.07, 6.45) is 1.66. The summed E-state index contributed by atoms with van der Waals surface area (Å²) in [5.41, 5.74) is 1.61. The van der Waals surface area contributed by atoms with Crippen LogP contribution >= 0.6 is 15.9 Å². The van der Waals surface area contributed by atoms with Crippen molar-refractivity contribution < 1.29 is 4.74 Å². The standard InChI is InChI=1S/C14H12BrN3O/c1-19-13-5-4-10(7-12(13)15)9-18-14-11(8-16)3-2-6-17-14/h2-7H,9H2,1H3,(H,17,18). The molecule has 0 aliphatic heterocycles. The Balaban J connectivity index is 2.11. The van der Waals surface area contributed by atoms with Crippen molar-refractivity contribution in [1.82, 2.24) is 4.98 Å². The number of benzene rings is 1. The lowest BCUT2D eigenvalue weighted by Gasteiger charge is -2.09. The summed E-state index contributed by atoms with van der Waals surface area (Å²) in [5, 5.41) is 12.1. The first kappa shape index (κ1) is 13.4. The van der Waals surface area contributed by atoms with Crippen molar-refractivity contribution in [2.75, 3.05) is 12.4 Å². The van der Waals surface area contributed by atoms with Crippen molar-refractivity contribution in [3.63, 3.8) is 0 Å². The number of aromatic nitrogens is 1. The van der Waals surface area contributed by atoms with Gasteiger partial charge in [0.1, 0.15) is 17.6 Å². The van der Waals surface area contributed by atoms with Crippen LogP contribution < -0.4 is 10.1 Å². The van der Waals surface area contributed by atoms with E-state index >= 15 is 0 Å². The van der Waals surface area contributed by atoms with E-state index in [1.165, 1.54) is 0 Å². The van der Waals surface area contributed by atoms with E-state index in [-0.39, 0.29) is 0 Å². The van der Waals surface area contributed by atoms with Crippen molar-refractivity contribution in [2.24, 2.45) is 0 Å². The summed E-state index contributed by atoms with van der Waals surface area (Å²) in [4.78, 5) is 4.15. The highest BCUT2D eigenvalue weighted by Gasteiger charge is 2.04. The van der Waals surface area contributed by atoms with Gasteiger partial charge in [-0.3, -0.25) is 0 Å². The Bertz CT molecular complexity index is 622. The lowest BCUT2D eigenvalue weighted by molar-refractivity contribution is 0.412. The zero-order valence-corrected chi connectivity index (χ0v) is 11.9. The molecule has 0 amide bonds. The minimum atomic E-state index is 0.537. The Morgan fingerprint density at radius 1 is 1.42 bits per heavy atom.